The molecule has 2 aromatic rings. The van der Waals surface area contributed by atoms with Crippen molar-refractivity contribution in [2.75, 3.05) is 18.0 Å². The average molecular weight is 422 g/mol. The first-order valence-electron chi connectivity index (χ1n) is 6.55. The number of carbonyl (C=O) groups excluding carboxylic acids is 1. The van der Waals surface area contributed by atoms with E-state index >= 15 is 0 Å². The van der Waals surface area contributed by atoms with Crippen molar-refractivity contribution in [2.45, 2.75) is 14.9 Å². The maximum atomic E-state index is 10.6. The summed E-state index contributed by atoms with van der Waals surface area (Å²) in [7, 11) is 1.29. The number of hydrazone groups is 1. The molecule has 6 nitrogen and oxygen atoms in total. The number of ether oxygens (including phenoxy) is 1. The van der Waals surface area contributed by atoms with Crippen molar-refractivity contribution in [3.05, 3.63) is 58.6 Å². The third-order valence-electron chi connectivity index (χ3n) is 2.44. The predicted molar refractivity (Wildman–Crippen MR) is 113 cm³/mol. The zero-order chi connectivity index (χ0) is 17.8. The van der Waals surface area contributed by atoms with Crippen molar-refractivity contribution in [3.8, 4) is 0 Å². The Balaban J connectivity index is 0. The van der Waals surface area contributed by atoms with E-state index in [1.807, 2.05) is 12.1 Å². The maximum Gasteiger partial charge on any atom is 0.350 e. The van der Waals surface area contributed by atoms with E-state index in [2.05, 4.69) is 25.6 Å². The van der Waals surface area contributed by atoms with Gasteiger partial charge in [0.05, 0.1) is 18.5 Å². The second-order valence-corrected chi connectivity index (χ2v) is 5.19. The highest BCUT2D eigenvalue weighted by atomic mass is 35.5. The molecule has 2 rings (SSSR count). The Morgan fingerprint density at radius 3 is 1.85 bits per heavy atom. The van der Waals surface area contributed by atoms with E-state index in [9.17, 15) is 4.79 Å². The van der Waals surface area contributed by atoms with Gasteiger partial charge in [-0.2, -0.15) is 5.10 Å². The Morgan fingerprint density at radius 2 is 1.42 bits per heavy atom. The van der Waals surface area contributed by atoms with Crippen LogP contribution < -0.4 is 15.8 Å². The number of nitrogens with zero attached hydrogens (tertiary/aromatic N) is 1. The van der Waals surface area contributed by atoms with Crippen LogP contribution in [0.1, 0.15) is 14.9 Å². The van der Waals surface area contributed by atoms with E-state index < -0.39 is 5.97 Å². The van der Waals surface area contributed by atoms with Crippen molar-refractivity contribution < 1.29 is 9.53 Å². The molecule has 3 N–H and O–H groups in total. The molecule has 0 atom stereocenters. The molecular formula is C17H23Cl3N4O2. The van der Waals surface area contributed by atoms with Gasteiger partial charge >= 0.3 is 5.97 Å². The summed E-state index contributed by atoms with van der Waals surface area (Å²) >= 11 is 16.5. The molecule has 0 radical (unpaired) electrons. The van der Waals surface area contributed by atoms with Crippen LogP contribution >= 0.6 is 35.0 Å². The molecule has 0 aliphatic heterocycles. The molecule has 0 aliphatic rings. The predicted octanol–water partition coefficient (Wildman–Crippen LogP) is 5.59. The Hall–Kier alpha value is -1.99. The number of carbonyl (C=O) groups is 1. The van der Waals surface area contributed by atoms with E-state index in [4.69, 9.17) is 35.0 Å². The van der Waals surface area contributed by atoms with Crippen LogP contribution in [0.3, 0.4) is 0 Å². The molecule has 0 spiro atoms. The molecule has 0 bridgehead atoms. The first-order valence-corrected chi connectivity index (χ1v) is 7.68. The third kappa shape index (κ3) is 11.5. The van der Waals surface area contributed by atoms with E-state index in [1.165, 1.54) is 7.11 Å². The van der Waals surface area contributed by atoms with E-state index in [0.717, 1.165) is 17.6 Å². The largest absolute Gasteiger partial charge is 0.465 e. The van der Waals surface area contributed by atoms with Gasteiger partial charge in [-0.15, -0.1) is 4.94 Å². The Kier molecular flexibility index (Phi) is 15.4. The summed E-state index contributed by atoms with van der Waals surface area (Å²) < 4.78 is 4.36. The summed E-state index contributed by atoms with van der Waals surface area (Å²) in [6.07, 6.45) is 1.05. The Bertz CT molecular complexity index is 650. The van der Waals surface area contributed by atoms with Crippen LogP contribution in [0, 0.1) is 0 Å². The molecule has 0 unspecified atom stereocenters. The number of benzene rings is 2. The smallest absolute Gasteiger partial charge is 0.350 e. The van der Waals surface area contributed by atoms with Gasteiger partial charge in [0.1, 0.15) is 6.21 Å². The zero-order valence-corrected chi connectivity index (χ0v) is 14.9. The SMILES string of the molecule is C.C.COC(=O)/C=N/Nc1ccc(Cl)cc1.ClNNc1ccc(Cl)cc1. The highest BCUT2D eigenvalue weighted by molar-refractivity contribution is 6.30. The lowest BCUT2D eigenvalue weighted by Crippen LogP contribution is -2.07. The highest BCUT2D eigenvalue weighted by Gasteiger charge is 1.92. The van der Waals surface area contributed by atoms with Gasteiger partial charge in [-0.3, -0.25) is 5.43 Å². The third-order valence-corrected chi connectivity index (χ3v) is 3.04. The van der Waals surface area contributed by atoms with Gasteiger partial charge in [0.2, 0.25) is 0 Å². The number of rotatable bonds is 5. The highest BCUT2D eigenvalue weighted by Crippen LogP contribution is 2.13. The molecule has 0 amide bonds. The maximum absolute atomic E-state index is 10.6. The fourth-order valence-corrected chi connectivity index (χ4v) is 1.69. The van der Waals surface area contributed by atoms with Crippen LogP contribution in [0.25, 0.3) is 0 Å². The van der Waals surface area contributed by atoms with Crippen LogP contribution in [0.5, 0.6) is 0 Å². The lowest BCUT2D eigenvalue weighted by Gasteiger charge is -2.00. The quantitative estimate of drug-likeness (QED) is 0.254. The summed E-state index contributed by atoms with van der Waals surface area (Å²) in [6, 6.07) is 14.1. The standard InChI is InChI=1S/C9H9ClN2O2.C6H6Cl2N2.2CH4/c1-14-9(13)6-11-12-8-4-2-7(10)3-5-8;7-5-1-3-6(4-2-5)9-10-8;;/h2-6,12H,1H3;1-4,9-10H;2*1H4/b11-6+;;;. The number of halogens is 3. The van der Waals surface area contributed by atoms with Gasteiger partial charge in [0.25, 0.3) is 0 Å². The molecule has 0 aliphatic carbocycles. The molecule has 0 saturated carbocycles. The lowest BCUT2D eigenvalue weighted by molar-refractivity contribution is -0.132. The van der Waals surface area contributed by atoms with Crippen molar-refractivity contribution in [1.29, 1.82) is 0 Å². The molecule has 2 aromatic carbocycles. The van der Waals surface area contributed by atoms with Crippen LogP contribution in [0.15, 0.2) is 53.6 Å². The number of anilines is 2. The Morgan fingerprint density at radius 1 is 0.962 bits per heavy atom. The van der Waals surface area contributed by atoms with Crippen molar-refractivity contribution in [1.82, 2.24) is 4.94 Å². The summed E-state index contributed by atoms with van der Waals surface area (Å²) in [6.45, 7) is 0. The minimum Gasteiger partial charge on any atom is -0.465 e. The number of hydrogen-bond acceptors (Lipinski definition) is 6. The van der Waals surface area contributed by atoms with Gasteiger partial charge in [-0.1, -0.05) is 38.1 Å². The summed E-state index contributed by atoms with van der Waals surface area (Å²) in [5.41, 5.74) is 6.96. The van der Waals surface area contributed by atoms with Crippen molar-refractivity contribution in [2.24, 2.45) is 5.10 Å². The van der Waals surface area contributed by atoms with Crippen molar-refractivity contribution in [3.63, 3.8) is 0 Å². The molecular weight excluding hydrogens is 399 g/mol. The van der Waals surface area contributed by atoms with Gasteiger partial charge in [0, 0.05) is 10.0 Å². The van der Waals surface area contributed by atoms with Gasteiger partial charge in [-0.05, 0) is 60.3 Å². The molecule has 0 saturated heterocycles. The molecule has 0 heterocycles. The van der Waals surface area contributed by atoms with Crippen LogP contribution in [-0.2, 0) is 9.53 Å². The van der Waals surface area contributed by atoms with E-state index in [1.54, 1.807) is 36.4 Å². The second kappa shape index (κ2) is 15.3. The van der Waals surface area contributed by atoms with Gasteiger partial charge in [-0.25, -0.2) is 4.79 Å². The molecule has 0 aromatic heterocycles. The molecule has 0 fully saturated rings. The number of esters is 1. The zero-order valence-electron chi connectivity index (χ0n) is 12.6. The van der Waals surface area contributed by atoms with Gasteiger partial charge < -0.3 is 10.2 Å². The summed E-state index contributed by atoms with van der Waals surface area (Å²) in [4.78, 5) is 12.9. The monoisotopic (exact) mass is 420 g/mol. The van der Waals surface area contributed by atoms with Crippen LogP contribution in [-0.4, -0.2) is 19.3 Å². The minimum absolute atomic E-state index is 0. The topological polar surface area (TPSA) is 74.8 Å². The second-order valence-electron chi connectivity index (χ2n) is 4.13. The fraction of sp³-hybridized carbons (Fsp3) is 0.176. The van der Waals surface area contributed by atoms with Crippen LogP contribution in [0.4, 0.5) is 11.4 Å². The number of nitrogens with one attached hydrogen (secondary N) is 3. The average Bonchev–Trinajstić information content (AvgIpc) is 2.59. The minimum atomic E-state index is -0.508. The Labute approximate surface area is 169 Å². The molecule has 26 heavy (non-hydrogen) atoms. The summed E-state index contributed by atoms with van der Waals surface area (Å²) in [5, 5.41) is 5.00. The van der Waals surface area contributed by atoms with Gasteiger partial charge in [0.15, 0.2) is 0 Å². The summed E-state index contributed by atoms with van der Waals surface area (Å²) in [5.74, 6) is -0.508. The van der Waals surface area contributed by atoms with E-state index in [0.29, 0.717) is 10.0 Å². The number of hydrazine groups is 1. The van der Waals surface area contributed by atoms with E-state index in [-0.39, 0.29) is 14.9 Å². The lowest BCUT2D eigenvalue weighted by atomic mass is 10.3. The number of methoxy groups -OCH3 is 1. The van der Waals surface area contributed by atoms with Crippen LogP contribution in [0.2, 0.25) is 10.0 Å². The number of hydrogen-bond donors (Lipinski definition) is 3. The first-order chi connectivity index (χ1) is 11.5. The molecule has 144 valence electrons. The molecule has 9 heteroatoms. The first kappa shape index (κ1) is 26.2. The fourth-order valence-electron chi connectivity index (χ4n) is 1.32. The van der Waals surface area contributed by atoms with Crippen molar-refractivity contribution >= 4 is 58.5 Å². The normalized spacial score (nSPS) is 9.08.